The van der Waals surface area contributed by atoms with Crippen LogP contribution < -0.4 is 5.32 Å². The maximum atomic E-state index is 12.1. The second-order valence-corrected chi connectivity index (χ2v) is 5.18. The fraction of sp³-hybridized carbons (Fsp3) is 0.385. The van der Waals surface area contributed by atoms with Gasteiger partial charge in [0.2, 0.25) is 5.91 Å². The Labute approximate surface area is 110 Å². The fourth-order valence-electron chi connectivity index (χ4n) is 2.26. The normalized spacial score (nSPS) is 23.6. The van der Waals surface area contributed by atoms with E-state index in [-0.39, 0.29) is 24.3 Å². The van der Waals surface area contributed by atoms with Crippen LogP contribution in [0.15, 0.2) is 24.3 Å². The summed E-state index contributed by atoms with van der Waals surface area (Å²) in [6.07, 6.45) is 2.13. The Hall–Kier alpha value is -1.55. The highest BCUT2D eigenvalue weighted by Gasteiger charge is 2.46. The summed E-state index contributed by atoms with van der Waals surface area (Å²) in [4.78, 5) is 25.3. The van der Waals surface area contributed by atoms with Crippen LogP contribution in [0.4, 0.5) is 5.69 Å². The number of carbonyl (C=O) groups excluding carboxylic acids is 2. The minimum atomic E-state index is -0.448. The van der Waals surface area contributed by atoms with Crippen LogP contribution in [0.3, 0.4) is 0 Å². The van der Waals surface area contributed by atoms with Gasteiger partial charge in [0.05, 0.1) is 6.42 Å². The molecule has 3 rings (SSSR count). The van der Waals surface area contributed by atoms with Crippen LogP contribution in [0.2, 0.25) is 5.02 Å². The average Bonchev–Trinajstić information content (AvgIpc) is 3.09. The van der Waals surface area contributed by atoms with E-state index >= 15 is 0 Å². The first kappa shape index (κ1) is 11.5. The highest BCUT2D eigenvalue weighted by molar-refractivity contribution is 6.30. The number of nitrogens with one attached hydrogen (secondary N) is 1. The van der Waals surface area contributed by atoms with E-state index < -0.39 is 6.04 Å². The molecule has 2 fully saturated rings. The molecule has 94 valence electrons. The smallest absolute Gasteiger partial charge is 0.252 e. The van der Waals surface area contributed by atoms with Crippen molar-refractivity contribution in [3.8, 4) is 0 Å². The lowest BCUT2D eigenvalue weighted by atomic mass is 10.2. The van der Waals surface area contributed by atoms with Crippen LogP contribution in [-0.4, -0.2) is 28.8 Å². The molecule has 0 spiro atoms. The second kappa shape index (κ2) is 4.28. The number of halogens is 1. The van der Waals surface area contributed by atoms with Crippen LogP contribution in [0.5, 0.6) is 0 Å². The minimum absolute atomic E-state index is 0.0676. The van der Waals surface area contributed by atoms with Crippen molar-refractivity contribution in [3.63, 3.8) is 0 Å². The van der Waals surface area contributed by atoms with E-state index in [0.717, 1.165) is 18.5 Å². The summed E-state index contributed by atoms with van der Waals surface area (Å²) in [5, 5.41) is 3.69. The third kappa shape index (κ3) is 2.08. The van der Waals surface area contributed by atoms with E-state index in [9.17, 15) is 9.59 Å². The molecular weight excluding hydrogens is 252 g/mol. The number of likely N-dealkylation sites (tertiary alicyclic amines) is 1. The summed E-state index contributed by atoms with van der Waals surface area (Å²) in [7, 11) is 0. The first-order valence-electron chi connectivity index (χ1n) is 6.03. The quantitative estimate of drug-likeness (QED) is 0.850. The average molecular weight is 265 g/mol. The molecule has 1 saturated carbocycles. The molecule has 1 unspecified atom stereocenters. The van der Waals surface area contributed by atoms with E-state index in [1.807, 2.05) is 12.1 Å². The first-order chi connectivity index (χ1) is 8.65. The third-order valence-electron chi connectivity index (χ3n) is 3.26. The van der Waals surface area contributed by atoms with Gasteiger partial charge in [-0.15, -0.1) is 0 Å². The van der Waals surface area contributed by atoms with Crippen LogP contribution in [-0.2, 0) is 9.59 Å². The van der Waals surface area contributed by atoms with Gasteiger partial charge in [-0.05, 0) is 31.0 Å². The van der Waals surface area contributed by atoms with Crippen molar-refractivity contribution in [1.29, 1.82) is 0 Å². The Morgan fingerprint density at radius 1 is 1.28 bits per heavy atom. The third-order valence-corrected chi connectivity index (χ3v) is 3.50. The van der Waals surface area contributed by atoms with Gasteiger partial charge in [0.15, 0.2) is 0 Å². The summed E-state index contributed by atoms with van der Waals surface area (Å²) in [5.41, 5.74) is 0.770. The molecule has 2 aliphatic rings. The van der Waals surface area contributed by atoms with Crippen LogP contribution in [0.1, 0.15) is 19.3 Å². The lowest BCUT2D eigenvalue weighted by molar-refractivity contribution is -0.139. The number of amides is 2. The molecule has 1 aliphatic carbocycles. The summed E-state index contributed by atoms with van der Waals surface area (Å²) < 4.78 is 0. The molecule has 0 radical (unpaired) electrons. The molecule has 0 bridgehead atoms. The Balaban J connectivity index is 1.74. The zero-order valence-corrected chi connectivity index (χ0v) is 10.5. The van der Waals surface area contributed by atoms with Crippen LogP contribution in [0.25, 0.3) is 0 Å². The number of carbonyl (C=O) groups is 2. The number of hydrogen-bond donors (Lipinski definition) is 1. The Morgan fingerprint density at radius 3 is 2.72 bits per heavy atom. The predicted molar refractivity (Wildman–Crippen MR) is 68.4 cm³/mol. The summed E-state index contributed by atoms with van der Waals surface area (Å²) in [6, 6.07) is 6.87. The van der Waals surface area contributed by atoms with Gasteiger partial charge in [-0.25, -0.2) is 0 Å². The van der Waals surface area contributed by atoms with Crippen molar-refractivity contribution >= 4 is 29.1 Å². The SMILES string of the molecule is O=C1CC(Nc2cccc(Cl)c2)C(=O)N1C1CC1. The van der Waals surface area contributed by atoms with Gasteiger partial charge in [0.1, 0.15) is 6.04 Å². The largest absolute Gasteiger partial charge is 0.373 e. The number of imide groups is 1. The minimum Gasteiger partial charge on any atom is -0.373 e. The summed E-state index contributed by atoms with van der Waals surface area (Å²) >= 11 is 5.88. The van der Waals surface area contributed by atoms with Crippen molar-refractivity contribution in [3.05, 3.63) is 29.3 Å². The topological polar surface area (TPSA) is 49.4 Å². The predicted octanol–water partition coefficient (Wildman–Crippen LogP) is 2.04. The zero-order valence-electron chi connectivity index (χ0n) is 9.73. The number of hydrogen-bond acceptors (Lipinski definition) is 3. The molecule has 0 aromatic heterocycles. The molecule has 1 N–H and O–H groups in total. The van der Waals surface area contributed by atoms with E-state index in [1.54, 1.807) is 12.1 Å². The molecule has 1 saturated heterocycles. The van der Waals surface area contributed by atoms with E-state index in [1.165, 1.54) is 4.90 Å². The summed E-state index contributed by atoms with van der Waals surface area (Å²) in [6.45, 7) is 0. The lowest BCUT2D eigenvalue weighted by Gasteiger charge is -2.15. The van der Waals surface area contributed by atoms with Crippen molar-refractivity contribution in [1.82, 2.24) is 4.90 Å². The Morgan fingerprint density at radius 2 is 2.06 bits per heavy atom. The molecule has 2 amide bonds. The van der Waals surface area contributed by atoms with Gasteiger partial charge in [-0.3, -0.25) is 14.5 Å². The van der Waals surface area contributed by atoms with Gasteiger partial charge in [-0.2, -0.15) is 0 Å². The second-order valence-electron chi connectivity index (χ2n) is 4.74. The Kier molecular flexibility index (Phi) is 2.74. The number of benzene rings is 1. The first-order valence-corrected chi connectivity index (χ1v) is 6.41. The number of rotatable bonds is 3. The molecule has 1 heterocycles. The van der Waals surface area contributed by atoms with Gasteiger partial charge in [0.25, 0.3) is 5.91 Å². The zero-order chi connectivity index (χ0) is 12.7. The van der Waals surface area contributed by atoms with Gasteiger partial charge in [-0.1, -0.05) is 17.7 Å². The molecular formula is C13H13ClN2O2. The molecule has 1 aliphatic heterocycles. The van der Waals surface area contributed by atoms with E-state index in [4.69, 9.17) is 11.6 Å². The van der Waals surface area contributed by atoms with Crippen molar-refractivity contribution in [2.45, 2.75) is 31.3 Å². The molecule has 4 nitrogen and oxygen atoms in total. The molecule has 18 heavy (non-hydrogen) atoms. The van der Waals surface area contributed by atoms with E-state index in [2.05, 4.69) is 5.32 Å². The maximum absolute atomic E-state index is 12.1. The standard InChI is InChI=1S/C13H13ClN2O2/c14-8-2-1-3-9(6-8)15-11-7-12(17)16(13(11)18)10-4-5-10/h1-3,6,10-11,15H,4-5,7H2. The lowest BCUT2D eigenvalue weighted by Crippen LogP contribution is -2.36. The molecule has 1 aromatic carbocycles. The molecule has 1 atom stereocenters. The molecule has 5 heteroatoms. The van der Waals surface area contributed by atoms with Gasteiger partial charge in [0, 0.05) is 16.8 Å². The molecule has 1 aromatic rings. The number of anilines is 1. The maximum Gasteiger partial charge on any atom is 0.252 e. The van der Waals surface area contributed by atoms with E-state index in [0.29, 0.717) is 5.02 Å². The monoisotopic (exact) mass is 264 g/mol. The highest BCUT2D eigenvalue weighted by Crippen LogP contribution is 2.32. The Bertz CT molecular complexity index is 513. The van der Waals surface area contributed by atoms with Crippen LogP contribution in [0, 0.1) is 0 Å². The summed E-state index contributed by atoms with van der Waals surface area (Å²) in [5.74, 6) is -0.176. The fourth-order valence-corrected chi connectivity index (χ4v) is 2.45. The number of nitrogens with zero attached hydrogens (tertiary/aromatic N) is 1. The van der Waals surface area contributed by atoms with Crippen molar-refractivity contribution < 1.29 is 9.59 Å². The van der Waals surface area contributed by atoms with Crippen molar-refractivity contribution in [2.24, 2.45) is 0 Å². The van der Waals surface area contributed by atoms with Crippen LogP contribution >= 0.6 is 11.6 Å². The van der Waals surface area contributed by atoms with Crippen molar-refractivity contribution in [2.75, 3.05) is 5.32 Å². The highest BCUT2D eigenvalue weighted by atomic mass is 35.5. The van der Waals surface area contributed by atoms with Gasteiger partial charge < -0.3 is 5.32 Å². The van der Waals surface area contributed by atoms with Gasteiger partial charge >= 0.3 is 0 Å².